The summed E-state index contributed by atoms with van der Waals surface area (Å²) in [6.07, 6.45) is 0.716. The summed E-state index contributed by atoms with van der Waals surface area (Å²) in [6, 6.07) is 6.34. The Morgan fingerprint density at radius 3 is 2.32 bits per heavy atom. The molecule has 0 bridgehead atoms. The second-order valence-electron chi connectivity index (χ2n) is 4.65. The molecule has 0 spiro atoms. The van der Waals surface area contributed by atoms with Crippen molar-refractivity contribution in [2.45, 2.75) is 31.2 Å². The topological polar surface area (TPSA) is 66.4 Å². The maximum atomic E-state index is 12.1. The number of aliphatic hydroxyl groups excluding tert-OH is 1. The number of alkyl halides is 1. The lowest BCUT2D eigenvalue weighted by atomic mass is 10.1. The first-order valence-corrected chi connectivity index (χ1v) is 8.20. The molecule has 0 saturated carbocycles. The number of hydrogen-bond acceptors (Lipinski definition) is 3. The molecule has 0 aliphatic heterocycles. The Labute approximate surface area is 119 Å². The number of benzene rings is 1. The van der Waals surface area contributed by atoms with Gasteiger partial charge in [0.2, 0.25) is 10.0 Å². The standard InChI is InChI=1S/C13H20ClNO3S/c1-10(9-16)11(2)15-19(17,18)13-5-3-12(4-6-13)7-8-14/h3-6,10-11,15-16H,7-9H2,1-2H3. The lowest BCUT2D eigenvalue weighted by Crippen LogP contribution is -2.38. The molecule has 19 heavy (non-hydrogen) atoms. The van der Waals surface area contributed by atoms with Crippen LogP contribution in [0.25, 0.3) is 0 Å². The molecule has 6 heteroatoms. The zero-order chi connectivity index (χ0) is 14.5. The van der Waals surface area contributed by atoms with Crippen molar-refractivity contribution in [2.75, 3.05) is 12.5 Å². The van der Waals surface area contributed by atoms with Gasteiger partial charge in [0.05, 0.1) is 4.90 Å². The van der Waals surface area contributed by atoms with Crippen LogP contribution in [0.3, 0.4) is 0 Å². The van der Waals surface area contributed by atoms with E-state index in [2.05, 4.69) is 4.72 Å². The average molecular weight is 306 g/mol. The first kappa shape index (κ1) is 16.4. The maximum Gasteiger partial charge on any atom is 0.240 e. The van der Waals surface area contributed by atoms with Gasteiger partial charge >= 0.3 is 0 Å². The van der Waals surface area contributed by atoms with Crippen molar-refractivity contribution in [3.05, 3.63) is 29.8 Å². The average Bonchev–Trinajstić information content (AvgIpc) is 2.38. The van der Waals surface area contributed by atoms with Crippen LogP contribution in [0.5, 0.6) is 0 Å². The molecule has 0 heterocycles. The molecule has 0 fully saturated rings. The summed E-state index contributed by atoms with van der Waals surface area (Å²) in [6.45, 7) is 3.47. The number of aryl methyl sites for hydroxylation is 1. The molecular weight excluding hydrogens is 286 g/mol. The molecule has 0 aliphatic carbocycles. The third kappa shape index (κ3) is 4.76. The Balaban J connectivity index is 2.82. The normalized spacial score (nSPS) is 15.2. The van der Waals surface area contributed by atoms with Gasteiger partial charge in [0.25, 0.3) is 0 Å². The van der Waals surface area contributed by atoms with Gasteiger partial charge < -0.3 is 5.11 Å². The fraction of sp³-hybridized carbons (Fsp3) is 0.538. The van der Waals surface area contributed by atoms with E-state index in [0.717, 1.165) is 5.56 Å². The van der Waals surface area contributed by atoms with Crippen LogP contribution in [0.4, 0.5) is 0 Å². The van der Waals surface area contributed by atoms with Crippen LogP contribution < -0.4 is 4.72 Å². The Morgan fingerprint density at radius 1 is 1.26 bits per heavy atom. The number of halogens is 1. The van der Waals surface area contributed by atoms with E-state index >= 15 is 0 Å². The van der Waals surface area contributed by atoms with Gasteiger partial charge in [-0.3, -0.25) is 0 Å². The second kappa shape index (κ2) is 7.24. The van der Waals surface area contributed by atoms with E-state index in [0.29, 0.717) is 12.3 Å². The first-order chi connectivity index (χ1) is 8.90. The van der Waals surface area contributed by atoms with Crippen molar-refractivity contribution in [3.8, 4) is 0 Å². The fourth-order valence-corrected chi connectivity index (χ4v) is 3.10. The van der Waals surface area contributed by atoms with Crippen LogP contribution in [-0.2, 0) is 16.4 Å². The third-order valence-corrected chi connectivity index (χ3v) is 4.86. The minimum Gasteiger partial charge on any atom is -0.396 e. The number of nitrogens with one attached hydrogen (secondary N) is 1. The smallest absolute Gasteiger partial charge is 0.240 e. The molecule has 108 valence electrons. The third-order valence-electron chi connectivity index (χ3n) is 3.10. The maximum absolute atomic E-state index is 12.1. The monoisotopic (exact) mass is 305 g/mol. The van der Waals surface area contributed by atoms with E-state index in [1.54, 1.807) is 38.1 Å². The Bertz CT molecular complexity index is 487. The first-order valence-electron chi connectivity index (χ1n) is 6.18. The molecule has 1 aromatic rings. The predicted octanol–water partition coefficient (Wildman–Crippen LogP) is 1.76. The van der Waals surface area contributed by atoms with Crippen molar-refractivity contribution in [3.63, 3.8) is 0 Å². The Kier molecular flexibility index (Phi) is 6.26. The fourth-order valence-electron chi connectivity index (χ4n) is 1.53. The lowest BCUT2D eigenvalue weighted by molar-refractivity contribution is 0.216. The highest BCUT2D eigenvalue weighted by atomic mass is 35.5. The molecule has 0 saturated heterocycles. The van der Waals surface area contributed by atoms with E-state index < -0.39 is 10.0 Å². The van der Waals surface area contributed by atoms with Crippen molar-refractivity contribution in [2.24, 2.45) is 5.92 Å². The van der Waals surface area contributed by atoms with Crippen LogP contribution in [0, 0.1) is 5.92 Å². The molecule has 2 unspecified atom stereocenters. The van der Waals surface area contributed by atoms with Gasteiger partial charge in [-0.05, 0) is 37.0 Å². The van der Waals surface area contributed by atoms with Crippen LogP contribution in [-0.4, -0.2) is 32.1 Å². The molecule has 2 atom stereocenters. The Hall–Kier alpha value is -0.620. The summed E-state index contributed by atoms with van der Waals surface area (Å²) in [5.74, 6) is 0.375. The highest BCUT2D eigenvalue weighted by molar-refractivity contribution is 7.89. The van der Waals surface area contributed by atoms with Gasteiger partial charge in [-0.2, -0.15) is 0 Å². The van der Waals surface area contributed by atoms with E-state index in [1.807, 2.05) is 0 Å². The van der Waals surface area contributed by atoms with Crippen molar-refractivity contribution in [1.29, 1.82) is 0 Å². The Morgan fingerprint density at radius 2 is 1.84 bits per heavy atom. The zero-order valence-corrected chi connectivity index (χ0v) is 12.7. The van der Waals surface area contributed by atoms with Crippen molar-refractivity contribution in [1.82, 2.24) is 4.72 Å². The van der Waals surface area contributed by atoms with Gasteiger partial charge in [0.15, 0.2) is 0 Å². The summed E-state index contributed by atoms with van der Waals surface area (Å²) >= 11 is 5.63. The van der Waals surface area contributed by atoms with Crippen LogP contribution in [0.1, 0.15) is 19.4 Å². The highest BCUT2D eigenvalue weighted by Crippen LogP contribution is 2.13. The molecule has 4 nitrogen and oxygen atoms in total. The van der Waals surface area contributed by atoms with Crippen LogP contribution in [0.2, 0.25) is 0 Å². The zero-order valence-electron chi connectivity index (χ0n) is 11.1. The van der Waals surface area contributed by atoms with Crippen molar-refractivity contribution < 1.29 is 13.5 Å². The number of hydrogen-bond donors (Lipinski definition) is 2. The quantitative estimate of drug-likeness (QED) is 0.754. The van der Waals surface area contributed by atoms with Gasteiger partial charge in [-0.1, -0.05) is 19.1 Å². The summed E-state index contributed by atoms with van der Waals surface area (Å²) < 4.78 is 26.8. The number of rotatable bonds is 7. The summed E-state index contributed by atoms with van der Waals surface area (Å²) in [7, 11) is -3.54. The molecule has 1 aromatic carbocycles. The number of aliphatic hydroxyl groups is 1. The molecule has 1 rings (SSSR count). The molecule has 0 aromatic heterocycles. The van der Waals surface area contributed by atoms with Crippen molar-refractivity contribution >= 4 is 21.6 Å². The van der Waals surface area contributed by atoms with Gasteiger partial charge in [0.1, 0.15) is 0 Å². The van der Waals surface area contributed by atoms with Gasteiger partial charge in [0, 0.05) is 18.5 Å². The van der Waals surface area contributed by atoms with E-state index in [1.165, 1.54) is 0 Å². The van der Waals surface area contributed by atoms with Gasteiger partial charge in [-0.15, -0.1) is 11.6 Å². The molecule has 0 amide bonds. The van der Waals surface area contributed by atoms with Gasteiger partial charge in [-0.25, -0.2) is 13.1 Å². The van der Waals surface area contributed by atoms with E-state index in [-0.39, 0.29) is 23.5 Å². The predicted molar refractivity (Wildman–Crippen MR) is 76.9 cm³/mol. The van der Waals surface area contributed by atoms with Crippen LogP contribution in [0.15, 0.2) is 29.2 Å². The summed E-state index contributed by atoms with van der Waals surface area (Å²) in [5, 5.41) is 9.02. The van der Waals surface area contributed by atoms with E-state index in [4.69, 9.17) is 16.7 Å². The SMILES string of the molecule is CC(CO)C(C)NS(=O)(=O)c1ccc(CCCl)cc1. The lowest BCUT2D eigenvalue weighted by Gasteiger charge is -2.19. The second-order valence-corrected chi connectivity index (χ2v) is 6.74. The summed E-state index contributed by atoms with van der Waals surface area (Å²) in [5.41, 5.74) is 1.01. The molecule has 2 N–H and O–H groups in total. The minimum atomic E-state index is -3.54. The molecule has 0 radical (unpaired) electrons. The molecular formula is C13H20ClNO3S. The summed E-state index contributed by atoms with van der Waals surface area (Å²) in [4.78, 5) is 0.225. The highest BCUT2D eigenvalue weighted by Gasteiger charge is 2.20. The number of sulfonamides is 1. The minimum absolute atomic E-state index is 0.0572. The van der Waals surface area contributed by atoms with Crippen LogP contribution >= 0.6 is 11.6 Å². The largest absolute Gasteiger partial charge is 0.396 e. The molecule has 0 aliphatic rings. The van der Waals surface area contributed by atoms with E-state index in [9.17, 15) is 8.42 Å².